The van der Waals surface area contributed by atoms with Gasteiger partial charge in [0.05, 0.1) is 0 Å². The first kappa shape index (κ1) is 18.9. The third-order valence-electron chi connectivity index (χ3n) is 3.17. The van der Waals surface area contributed by atoms with E-state index in [0.29, 0.717) is 0 Å². The molecular weight excluding hydrogens is 360 g/mol. The largest absolute Gasteiger partial charge is 2.00 e. The van der Waals surface area contributed by atoms with Crippen LogP contribution in [0.4, 0.5) is 0 Å². The minimum absolute atomic E-state index is 0. The van der Waals surface area contributed by atoms with Crippen LogP contribution in [0, 0.1) is 6.07 Å². The molecule has 0 atom stereocenters. The second kappa shape index (κ2) is 10.6. The Kier molecular flexibility index (Phi) is 9.11. The molecule has 0 spiro atoms. The van der Waals surface area contributed by atoms with Gasteiger partial charge in [-0.25, -0.2) is 12.1 Å². The van der Waals surface area contributed by atoms with E-state index < -0.39 is 0 Å². The summed E-state index contributed by atoms with van der Waals surface area (Å²) in [5, 5.41) is 0. The molecule has 0 fully saturated rings. The quantitative estimate of drug-likeness (QED) is 0.298. The third kappa shape index (κ3) is 5.26. The van der Waals surface area contributed by atoms with E-state index in [1.807, 2.05) is 36.4 Å². The molecule has 1 radical (unpaired) electrons. The smallest absolute Gasteiger partial charge is 0.214 e. The van der Waals surface area contributed by atoms with E-state index in [-0.39, 0.29) is 26.2 Å². The number of hydrogen-bond acceptors (Lipinski definition) is 0. The van der Waals surface area contributed by atoms with Crippen molar-refractivity contribution in [2.45, 2.75) is 19.5 Å². The maximum absolute atomic E-state index is 3.30. The van der Waals surface area contributed by atoms with Gasteiger partial charge >= 0.3 is 26.2 Å². The molecule has 2 heteroatoms. The molecule has 3 aromatic carbocycles. The topological polar surface area (TPSA) is 0 Å². The summed E-state index contributed by atoms with van der Waals surface area (Å²) >= 11 is 0. The van der Waals surface area contributed by atoms with E-state index in [1.165, 1.54) is 22.3 Å². The Morgan fingerprint density at radius 3 is 2.18 bits per heavy atom. The average Bonchev–Trinajstić information content (AvgIpc) is 3.19. The van der Waals surface area contributed by atoms with Crippen LogP contribution < -0.4 is 0 Å². The van der Waals surface area contributed by atoms with E-state index in [1.54, 1.807) is 0 Å². The molecule has 0 saturated carbocycles. The Labute approximate surface area is 155 Å². The van der Waals surface area contributed by atoms with Crippen molar-refractivity contribution in [3.8, 4) is 11.1 Å². The summed E-state index contributed by atoms with van der Waals surface area (Å²) < 4.78 is 0. The van der Waals surface area contributed by atoms with E-state index in [9.17, 15) is 0 Å². The van der Waals surface area contributed by atoms with Crippen molar-refractivity contribution in [2.75, 3.05) is 0 Å². The van der Waals surface area contributed by atoms with Crippen LogP contribution in [0.15, 0.2) is 72.8 Å². The van der Waals surface area contributed by atoms with Crippen molar-refractivity contribution in [3.05, 3.63) is 90.0 Å². The van der Waals surface area contributed by atoms with Crippen LogP contribution in [0.25, 0.3) is 11.1 Å². The first-order chi connectivity index (χ1) is 10.4. The van der Waals surface area contributed by atoms with Crippen LogP contribution in [-0.2, 0) is 32.6 Å². The maximum atomic E-state index is 3.30. The number of rotatable bonds is 0. The van der Waals surface area contributed by atoms with E-state index in [4.69, 9.17) is 0 Å². The van der Waals surface area contributed by atoms with Gasteiger partial charge in [-0.05, 0) is 6.42 Å². The summed E-state index contributed by atoms with van der Waals surface area (Å²) in [5.41, 5.74) is 5.51. The van der Waals surface area contributed by atoms with Gasteiger partial charge in [0, 0.05) is 9.52 Å². The molecule has 0 saturated heterocycles. The second-order valence-electron chi connectivity index (χ2n) is 4.94. The summed E-state index contributed by atoms with van der Waals surface area (Å²) in [6.07, 6.45) is 1.05. The summed E-state index contributed by atoms with van der Waals surface area (Å²) in [6.45, 7) is 4.42. The molecule has 0 bridgehead atoms. The van der Waals surface area contributed by atoms with Gasteiger partial charge in [0.25, 0.3) is 0 Å². The van der Waals surface area contributed by atoms with Crippen molar-refractivity contribution in [1.82, 2.24) is 0 Å². The van der Waals surface area contributed by atoms with E-state index >= 15 is 0 Å². The molecular formula is C20H21SiZr. The summed E-state index contributed by atoms with van der Waals surface area (Å²) in [4.78, 5) is 0. The molecule has 0 nitrogen and oxygen atoms in total. The first-order valence-electron chi connectivity index (χ1n) is 7.35. The zero-order valence-electron chi connectivity index (χ0n) is 13.2. The number of fused-ring (bicyclic) bond motifs is 3. The molecule has 3 aromatic rings. The van der Waals surface area contributed by atoms with Gasteiger partial charge in [0.1, 0.15) is 0 Å². The zero-order chi connectivity index (χ0) is 14.9. The van der Waals surface area contributed by atoms with Crippen molar-refractivity contribution in [2.24, 2.45) is 0 Å². The van der Waals surface area contributed by atoms with E-state index in [0.717, 1.165) is 15.9 Å². The van der Waals surface area contributed by atoms with Crippen LogP contribution in [-0.4, -0.2) is 9.52 Å². The molecule has 0 N–H and O–H groups in total. The summed E-state index contributed by atoms with van der Waals surface area (Å²) in [5.74, 6) is 0. The molecule has 109 valence electrons. The molecule has 0 amide bonds. The molecule has 1 aliphatic carbocycles. The molecule has 0 unspecified atom stereocenters. The van der Waals surface area contributed by atoms with Gasteiger partial charge in [-0.2, -0.15) is 48.0 Å². The van der Waals surface area contributed by atoms with Gasteiger partial charge in [0.15, 0.2) is 0 Å². The second-order valence-corrected chi connectivity index (χ2v) is 6.09. The molecule has 0 heterocycles. The molecule has 22 heavy (non-hydrogen) atoms. The molecule has 0 aliphatic heterocycles. The minimum atomic E-state index is 0. The van der Waals surface area contributed by atoms with Crippen LogP contribution in [0.1, 0.15) is 11.1 Å². The Balaban J connectivity index is 0.000000227. The Hall–Kier alpha value is -1.11. The molecule has 0 aromatic heterocycles. The number of benzene rings is 2. The van der Waals surface area contributed by atoms with E-state index in [2.05, 4.69) is 55.6 Å². The number of hydrogen-bond donors (Lipinski definition) is 0. The zero-order valence-corrected chi connectivity index (χ0v) is 16.8. The fraction of sp³-hybridized carbons (Fsp3) is 0.150. The first-order valence-corrected chi connectivity index (χ1v) is 9.66. The average molecular weight is 381 g/mol. The Morgan fingerprint density at radius 2 is 1.55 bits per heavy atom. The van der Waals surface area contributed by atoms with Gasteiger partial charge < -0.3 is 0 Å². The predicted molar refractivity (Wildman–Crippen MR) is 94.4 cm³/mol. The summed E-state index contributed by atoms with van der Waals surface area (Å²) in [7, 11) is 0.750. The SMILES string of the molecule is C[SiH]C.[Zr+2].[c-]1cccc2c1Cc1ccccc1-2.c1cc[cH-]c1. The van der Waals surface area contributed by atoms with Crippen molar-refractivity contribution in [3.63, 3.8) is 0 Å². The van der Waals surface area contributed by atoms with Crippen molar-refractivity contribution < 1.29 is 26.2 Å². The minimum Gasteiger partial charge on any atom is -0.214 e. The third-order valence-corrected chi connectivity index (χ3v) is 3.17. The molecule has 1 aliphatic rings. The van der Waals surface area contributed by atoms with Crippen molar-refractivity contribution >= 4 is 9.52 Å². The van der Waals surface area contributed by atoms with Crippen LogP contribution >= 0.6 is 0 Å². The van der Waals surface area contributed by atoms with Gasteiger partial charge in [-0.1, -0.05) is 48.5 Å². The molecule has 4 rings (SSSR count). The Bertz CT molecular complexity index is 584. The van der Waals surface area contributed by atoms with Gasteiger partial charge in [0.2, 0.25) is 0 Å². The summed E-state index contributed by atoms with van der Waals surface area (Å²) in [6, 6.07) is 28.1. The Morgan fingerprint density at radius 1 is 0.909 bits per heavy atom. The predicted octanol–water partition coefficient (Wildman–Crippen LogP) is 4.98. The van der Waals surface area contributed by atoms with Crippen LogP contribution in [0.5, 0.6) is 0 Å². The van der Waals surface area contributed by atoms with Gasteiger partial charge in [-0.3, -0.25) is 0 Å². The van der Waals surface area contributed by atoms with Crippen LogP contribution in [0.2, 0.25) is 13.1 Å². The fourth-order valence-electron chi connectivity index (χ4n) is 2.32. The van der Waals surface area contributed by atoms with Crippen LogP contribution in [0.3, 0.4) is 0 Å². The standard InChI is InChI=1S/C13H9.C5H5.C2H7Si.Zr/c1-3-7-12-10(5-1)9-11-6-2-4-8-13(11)12;1-2-4-5-3-1;1-3-2;/h1-5,7-8H,9H2;1-5H;3H,1-2H3;/q2*-1;;+2. The fourth-order valence-corrected chi connectivity index (χ4v) is 2.32. The van der Waals surface area contributed by atoms with Crippen molar-refractivity contribution in [1.29, 1.82) is 0 Å². The normalized spacial score (nSPS) is 9.91. The van der Waals surface area contributed by atoms with Gasteiger partial charge in [-0.15, -0.1) is 5.56 Å². The maximum Gasteiger partial charge on any atom is 2.00 e. The monoisotopic (exact) mass is 379 g/mol.